The molecule has 2 aromatic rings. The first-order valence-corrected chi connectivity index (χ1v) is 6.61. The summed E-state index contributed by atoms with van der Waals surface area (Å²) in [4.78, 5) is 16.2. The van der Waals surface area contributed by atoms with E-state index in [1.165, 1.54) is 11.8 Å². The van der Waals surface area contributed by atoms with Crippen molar-refractivity contribution < 1.29 is 9.76 Å². The van der Waals surface area contributed by atoms with Gasteiger partial charge in [-0.25, -0.2) is 0 Å². The second kappa shape index (κ2) is 6.19. The molecule has 2 rings (SSSR count). The number of thioether (sulfide) groups is 1. The molecule has 0 fully saturated rings. The number of aromatic nitrogens is 3. The highest BCUT2D eigenvalue weighted by atomic mass is 32.2. The third-order valence-corrected chi connectivity index (χ3v) is 3.20. The minimum atomic E-state index is -0.560. The number of hydrogen-bond donors (Lipinski definition) is 0. The van der Waals surface area contributed by atoms with Crippen LogP contribution < -0.4 is 4.84 Å². The van der Waals surface area contributed by atoms with Gasteiger partial charge in [0.1, 0.15) is 11.7 Å². The first-order chi connectivity index (χ1) is 9.20. The first-order valence-electron chi connectivity index (χ1n) is 5.62. The predicted molar refractivity (Wildman–Crippen MR) is 69.8 cm³/mol. The van der Waals surface area contributed by atoms with Gasteiger partial charge in [0, 0.05) is 5.75 Å². The smallest absolute Gasteiger partial charge is 0.365 e. The molecule has 0 radical (unpaired) electrons. The zero-order valence-electron chi connectivity index (χ0n) is 10.2. The molecule has 8 heteroatoms. The molecule has 1 aromatic heterocycles. The molecule has 0 aliphatic heterocycles. The van der Waals surface area contributed by atoms with Crippen molar-refractivity contribution in [2.24, 2.45) is 0 Å². The highest BCUT2D eigenvalue weighted by Gasteiger charge is 2.24. The Bertz CT molecular complexity index is 558. The van der Waals surface area contributed by atoms with E-state index in [-0.39, 0.29) is 10.8 Å². The normalized spacial score (nSPS) is 10.4. The maximum atomic E-state index is 10.9. The van der Waals surface area contributed by atoms with Crippen LogP contribution in [0.4, 0.5) is 5.82 Å². The molecule has 0 aliphatic rings. The largest absolute Gasteiger partial charge is 0.428 e. The number of nitro groups is 1. The van der Waals surface area contributed by atoms with E-state index >= 15 is 0 Å². The van der Waals surface area contributed by atoms with Crippen LogP contribution in [-0.4, -0.2) is 26.7 Å². The Hall–Kier alpha value is -2.09. The maximum Gasteiger partial charge on any atom is 0.428 e. The van der Waals surface area contributed by atoms with Crippen molar-refractivity contribution in [3.63, 3.8) is 0 Å². The molecule has 0 saturated heterocycles. The van der Waals surface area contributed by atoms with Gasteiger partial charge in [0.25, 0.3) is 0 Å². The number of rotatable bonds is 6. The Kier molecular flexibility index (Phi) is 4.35. The monoisotopic (exact) mass is 280 g/mol. The lowest BCUT2D eigenvalue weighted by molar-refractivity contribution is -0.393. The van der Waals surface area contributed by atoms with Gasteiger partial charge in [0.15, 0.2) is 0 Å². The van der Waals surface area contributed by atoms with Gasteiger partial charge in [0.05, 0.1) is 4.96 Å². The van der Waals surface area contributed by atoms with Crippen LogP contribution >= 0.6 is 11.8 Å². The second-order valence-electron chi connectivity index (χ2n) is 3.53. The summed E-state index contributed by atoms with van der Waals surface area (Å²) in [6.07, 6.45) is 0. The van der Waals surface area contributed by atoms with Crippen molar-refractivity contribution >= 4 is 17.6 Å². The Balaban J connectivity index is 2.12. The molecule has 0 bridgehead atoms. The number of benzene rings is 1. The fourth-order valence-electron chi connectivity index (χ4n) is 1.38. The predicted octanol–water partition coefficient (Wildman–Crippen LogP) is 1.93. The van der Waals surface area contributed by atoms with Crippen molar-refractivity contribution in [2.75, 3.05) is 6.61 Å². The van der Waals surface area contributed by atoms with Crippen molar-refractivity contribution in [2.45, 2.75) is 17.7 Å². The van der Waals surface area contributed by atoms with E-state index in [0.29, 0.717) is 12.4 Å². The average molecular weight is 280 g/mol. The topological polar surface area (TPSA) is 83.1 Å². The van der Waals surface area contributed by atoms with E-state index in [1.54, 1.807) is 6.92 Å². The quantitative estimate of drug-likeness (QED) is 0.457. The lowest BCUT2D eigenvalue weighted by Gasteiger charge is -1.97. The molecule has 0 aliphatic carbocycles. The minimum absolute atomic E-state index is 0.252. The summed E-state index contributed by atoms with van der Waals surface area (Å²) in [6.45, 7) is 2.10. The van der Waals surface area contributed by atoms with Crippen LogP contribution in [0.25, 0.3) is 0 Å². The van der Waals surface area contributed by atoms with Crippen molar-refractivity contribution in [1.29, 1.82) is 0 Å². The molecule has 7 nitrogen and oxygen atoms in total. The van der Waals surface area contributed by atoms with E-state index in [1.807, 2.05) is 30.3 Å². The summed E-state index contributed by atoms with van der Waals surface area (Å²) < 4.78 is 0. The molecule has 0 N–H and O–H groups in total. The maximum absolute atomic E-state index is 10.9. The summed E-state index contributed by atoms with van der Waals surface area (Å²) in [5.74, 6) is 0.307. The van der Waals surface area contributed by atoms with Gasteiger partial charge >= 0.3 is 5.82 Å². The van der Waals surface area contributed by atoms with Gasteiger partial charge in [-0.15, -0.1) is 0 Å². The second-order valence-corrected chi connectivity index (χ2v) is 4.49. The molecule has 0 spiro atoms. The van der Waals surface area contributed by atoms with Crippen LogP contribution in [-0.2, 0) is 5.75 Å². The van der Waals surface area contributed by atoms with E-state index in [0.717, 1.165) is 10.5 Å². The van der Waals surface area contributed by atoms with E-state index in [4.69, 9.17) is 4.84 Å². The van der Waals surface area contributed by atoms with E-state index in [9.17, 15) is 10.1 Å². The molecule has 19 heavy (non-hydrogen) atoms. The number of nitrogens with zero attached hydrogens (tertiary/aromatic N) is 4. The van der Waals surface area contributed by atoms with Crippen molar-refractivity contribution in [1.82, 2.24) is 15.2 Å². The average Bonchev–Trinajstić information content (AvgIpc) is 2.81. The third-order valence-electron chi connectivity index (χ3n) is 2.18. The minimum Gasteiger partial charge on any atom is -0.365 e. The fourth-order valence-corrected chi connectivity index (χ4v) is 2.24. The summed E-state index contributed by atoms with van der Waals surface area (Å²) >= 11 is 1.26. The number of hydrogen-bond acceptors (Lipinski definition) is 6. The molecule has 100 valence electrons. The highest BCUT2D eigenvalue weighted by molar-refractivity contribution is 7.98. The molecule has 0 amide bonds. The molecule has 0 atom stereocenters. The van der Waals surface area contributed by atoms with Crippen LogP contribution in [0.1, 0.15) is 12.5 Å². The molecule has 1 aromatic carbocycles. The molecule has 0 saturated carbocycles. The first kappa shape index (κ1) is 13.3. The molecule has 0 unspecified atom stereocenters. The third kappa shape index (κ3) is 3.44. The van der Waals surface area contributed by atoms with E-state index in [2.05, 4.69) is 10.2 Å². The van der Waals surface area contributed by atoms with Crippen LogP contribution in [0.5, 0.6) is 0 Å². The zero-order chi connectivity index (χ0) is 13.7. The highest BCUT2D eigenvalue weighted by Crippen LogP contribution is 2.27. The molecular formula is C11H12N4O3S. The van der Waals surface area contributed by atoms with Crippen LogP contribution in [0.2, 0.25) is 0 Å². The van der Waals surface area contributed by atoms with E-state index < -0.39 is 4.92 Å². The lowest BCUT2D eigenvalue weighted by Crippen LogP contribution is -2.14. The Morgan fingerprint density at radius 3 is 2.74 bits per heavy atom. The Morgan fingerprint density at radius 1 is 1.37 bits per heavy atom. The van der Waals surface area contributed by atoms with Gasteiger partial charge in [-0.1, -0.05) is 47.2 Å². The van der Waals surface area contributed by atoms with Crippen molar-refractivity contribution in [3.05, 3.63) is 46.0 Å². The Morgan fingerprint density at radius 2 is 2.11 bits per heavy atom. The summed E-state index contributed by atoms with van der Waals surface area (Å²) in [5, 5.41) is 18.7. The van der Waals surface area contributed by atoms with Gasteiger partial charge < -0.3 is 15.0 Å². The standard InChI is InChI=1S/C11H12N4O3S/c1-2-18-15-12-10(14(16)17)11(13-15)19-8-9-6-4-3-5-7-9/h3-7H,2,8H2,1H3. The Labute approximate surface area is 113 Å². The van der Waals surface area contributed by atoms with Crippen LogP contribution in [0, 0.1) is 10.1 Å². The van der Waals surface area contributed by atoms with Crippen LogP contribution in [0.15, 0.2) is 35.4 Å². The summed E-state index contributed by atoms with van der Waals surface area (Å²) in [5.41, 5.74) is 1.06. The van der Waals surface area contributed by atoms with Gasteiger partial charge in [-0.05, 0) is 17.4 Å². The summed E-state index contributed by atoms with van der Waals surface area (Å²) in [6, 6.07) is 9.66. The van der Waals surface area contributed by atoms with Gasteiger partial charge in [0.2, 0.25) is 5.03 Å². The lowest BCUT2D eigenvalue weighted by atomic mass is 10.2. The zero-order valence-corrected chi connectivity index (χ0v) is 11.0. The van der Waals surface area contributed by atoms with Gasteiger partial charge in [-0.2, -0.15) is 0 Å². The van der Waals surface area contributed by atoms with Gasteiger partial charge in [-0.3, -0.25) is 0 Å². The fraction of sp³-hybridized carbons (Fsp3) is 0.273. The molecule has 1 heterocycles. The van der Waals surface area contributed by atoms with Crippen LogP contribution in [0.3, 0.4) is 0 Å². The summed E-state index contributed by atoms with van der Waals surface area (Å²) in [7, 11) is 0. The SMILES string of the molecule is CCOn1nc(SCc2ccccc2)c([N+](=O)[O-])n1. The molecular weight excluding hydrogens is 268 g/mol. The van der Waals surface area contributed by atoms with Crippen molar-refractivity contribution in [3.8, 4) is 0 Å².